The van der Waals surface area contributed by atoms with Crippen LogP contribution in [0, 0.1) is 5.41 Å². The van der Waals surface area contributed by atoms with Crippen molar-refractivity contribution in [3.05, 3.63) is 17.5 Å². The molecule has 0 saturated carbocycles. The molecule has 10 heavy (non-hydrogen) atoms. The molecular weight excluding hydrogens is 146 g/mol. The first-order valence-corrected chi connectivity index (χ1v) is 3.71. The number of thiophene rings is 1. The monoisotopic (exact) mass is 155 g/mol. The topological polar surface area (TPSA) is 53.1 Å². The molecule has 0 amide bonds. The third-order valence-electron chi connectivity index (χ3n) is 1.20. The molecule has 0 spiro atoms. The summed E-state index contributed by atoms with van der Waals surface area (Å²) < 4.78 is 0. The lowest BCUT2D eigenvalue weighted by Crippen LogP contribution is -2.31. The van der Waals surface area contributed by atoms with Crippen molar-refractivity contribution >= 4 is 22.3 Å². The Kier molecular flexibility index (Phi) is 1.91. The van der Waals surface area contributed by atoms with Gasteiger partial charge in [-0.3, -0.25) is 5.41 Å². The Morgan fingerprint density at radius 1 is 1.80 bits per heavy atom. The molecule has 0 unspecified atom stereocenters. The zero-order chi connectivity index (χ0) is 7.56. The standard InChI is InChI=1S/C6H9N3S/c1-9(6(7)8)5-3-2-4-10-5/h2-4H,1H3,(H3,7,8). The average molecular weight is 155 g/mol. The van der Waals surface area contributed by atoms with Gasteiger partial charge in [-0.15, -0.1) is 11.3 Å². The second-order valence-electron chi connectivity index (χ2n) is 1.90. The van der Waals surface area contributed by atoms with Crippen molar-refractivity contribution in [2.75, 3.05) is 11.9 Å². The Hall–Kier alpha value is -1.03. The predicted molar refractivity (Wildman–Crippen MR) is 44.6 cm³/mol. The highest BCUT2D eigenvalue weighted by Gasteiger charge is 2.01. The molecule has 0 aliphatic rings. The minimum atomic E-state index is 0.0717. The molecule has 0 atom stereocenters. The van der Waals surface area contributed by atoms with Crippen molar-refractivity contribution in [2.45, 2.75) is 0 Å². The van der Waals surface area contributed by atoms with Gasteiger partial charge in [0.2, 0.25) is 0 Å². The third kappa shape index (κ3) is 1.27. The van der Waals surface area contributed by atoms with E-state index in [1.165, 1.54) is 0 Å². The Bertz CT molecular complexity index is 217. The maximum atomic E-state index is 7.09. The highest BCUT2D eigenvalue weighted by Crippen LogP contribution is 2.18. The third-order valence-corrected chi connectivity index (χ3v) is 2.14. The van der Waals surface area contributed by atoms with E-state index in [4.69, 9.17) is 11.1 Å². The summed E-state index contributed by atoms with van der Waals surface area (Å²) in [5.74, 6) is 0.0717. The van der Waals surface area contributed by atoms with Crippen LogP contribution in [0.4, 0.5) is 5.00 Å². The number of anilines is 1. The number of rotatable bonds is 1. The zero-order valence-electron chi connectivity index (χ0n) is 5.66. The molecule has 54 valence electrons. The van der Waals surface area contributed by atoms with Crippen molar-refractivity contribution < 1.29 is 0 Å². The molecule has 3 N–H and O–H groups in total. The molecule has 0 saturated heterocycles. The minimum Gasteiger partial charge on any atom is -0.370 e. The first-order valence-electron chi connectivity index (χ1n) is 2.83. The molecular formula is C6H9N3S. The first-order chi connectivity index (χ1) is 4.72. The van der Waals surface area contributed by atoms with Crippen molar-refractivity contribution in [3.63, 3.8) is 0 Å². The molecule has 0 fully saturated rings. The molecule has 1 rings (SSSR count). The summed E-state index contributed by atoms with van der Waals surface area (Å²) in [6.07, 6.45) is 0. The fraction of sp³-hybridized carbons (Fsp3) is 0.167. The van der Waals surface area contributed by atoms with E-state index in [-0.39, 0.29) is 5.96 Å². The molecule has 3 nitrogen and oxygen atoms in total. The van der Waals surface area contributed by atoms with Crippen LogP contribution < -0.4 is 10.6 Å². The van der Waals surface area contributed by atoms with Crippen LogP contribution >= 0.6 is 11.3 Å². The van der Waals surface area contributed by atoms with Gasteiger partial charge in [-0.25, -0.2) is 0 Å². The number of hydrogen-bond acceptors (Lipinski definition) is 2. The van der Waals surface area contributed by atoms with Crippen LogP contribution in [0.5, 0.6) is 0 Å². The van der Waals surface area contributed by atoms with Gasteiger partial charge < -0.3 is 10.6 Å². The highest BCUT2D eigenvalue weighted by atomic mass is 32.1. The van der Waals surface area contributed by atoms with E-state index in [2.05, 4.69) is 0 Å². The normalized spacial score (nSPS) is 9.30. The molecule has 0 bridgehead atoms. The van der Waals surface area contributed by atoms with Crippen LogP contribution in [0.15, 0.2) is 17.5 Å². The summed E-state index contributed by atoms with van der Waals surface area (Å²) in [5.41, 5.74) is 5.24. The van der Waals surface area contributed by atoms with Crippen molar-refractivity contribution in [1.29, 1.82) is 5.41 Å². The SMILES string of the molecule is CN(C(=N)N)c1cccs1. The number of nitrogens with zero attached hydrogens (tertiary/aromatic N) is 1. The van der Waals surface area contributed by atoms with E-state index in [0.29, 0.717) is 0 Å². The average Bonchev–Trinajstić information content (AvgIpc) is 2.36. The van der Waals surface area contributed by atoms with Crippen molar-refractivity contribution in [3.8, 4) is 0 Å². The minimum absolute atomic E-state index is 0.0717. The van der Waals surface area contributed by atoms with Crippen molar-refractivity contribution in [2.24, 2.45) is 5.73 Å². The number of nitrogens with one attached hydrogen (secondary N) is 1. The van der Waals surface area contributed by atoms with Gasteiger partial charge in [0.05, 0.1) is 5.00 Å². The van der Waals surface area contributed by atoms with Crippen LogP contribution in [0.2, 0.25) is 0 Å². The smallest absolute Gasteiger partial charge is 0.193 e. The molecule has 1 heterocycles. The number of nitrogens with two attached hydrogens (primary N) is 1. The Morgan fingerprint density at radius 2 is 2.50 bits per heavy atom. The van der Waals surface area contributed by atoms with Crippen LogP contribution in [0.25, 0.3) is 0 Å². The van der Waals surface area contributed by atoms with Crippen molar-refractivity contribution in [1.82, 2.24) is 0 Å². The highest BCUT2D eigenvalue weighted by molar-refractivity contribution is 7.14. The molecule has 1 aromatic heterocycles. The number of guanidine groups is 1. The van der Waals surface area contributed by atoms with Gasteiger partial charge in [-0.05, 0) is 17.5 Å². The lowest BCUT2D eigenvalue weighted by Gasteiger charge is -2.12. The summed E-state index contributed by atoms with van der Waals surface area (Å²) in [6.45, 7) is 0. The van der Waals surface area contributed by atoms with E-state index in [9.17, 15) is 0 Å². The molecule has 0 aromatic carbocycles. The molecule has 0 radical (unpaired) electrons. The van der Waals surface area contributed by atoms with E-state index in [1.807, 2.05) is 17.5 Å². The van der Waals surface area contributed by atoms with Crippen LogP contribution in [-0.4, -0.2) is 13.0 Å². The molecule has 0 aliphatic heterocycles. The largest absolute Gasteiger partial charge is 0.370 e. The summed E-state index contributed by atoms with van der Waals surface area (Å²) in [4.78, 5) is 1.63. The van der Waals surface area contributed by atoms with Crippen LogP contribution in [0.3, 0.4) is 0 Å². The molecule has 4 heteroatoms. The Labute approximate surface area is 63.6 Å². The van der Waals surface area contributed by atoms with Gasteiger partial charge in [-0.2, -0.15) is 0 Å². The van der Waals surface area contributed by atoms with Gasteiger partial charge in [-0.1, -0.05) is 0 Å². The van der Waals surface area contributed by atoms with E-state index in [1.54, 1.807) is 23.3 Å². The number of hydrogen-bond donors (Lipinski definition) is 2. The Balaban J connectivity index is 2.77. The summed E-state index contributed by atoms with van der Waals surface area (Å²) in [7, 11) is 1.77. The first kappa shape index (κ1) is 7.08. The maximum absolute atomic E-state index is 7.09. The van der Waals surface area contributed by atoms with Crippen LogP contribution in [-0.2, 0) is 0 Å². The molecule has 0 aliphatic carbocycles. The molecule has 1 aromatic rings. The van der Waals surface area contributed by atoms with Gasteiger partial charge in [0, 0.05) is 7.05 Å². The second-order valence-corrected chi connectivity index (χ2v) is 2.82. The lowest BCUT2D eigenvalue weighted by molar-refractivity contribution is 1.22. The van der Waals surface area contributed by atoms with E-state index in [0.717, 1.165) is 5.00 Å². The van der Waals surface area contributed by atoms with Gasteiger partial charge >= 0.3 is 0 Å². The van der Waals surface area contributed by atoms with E-state index >= 15 is 0 Å². The van der Waals surface area contributed by atoms with Gasteiger partial charge in [0.25, 0.3) is 0 Å². The summed E-state index contributed by atoms with van der Waals surface area (Å²) >= 11 is 1.56. The summed E-state index contributed by atoms with van der Waals surface area (Å²) in [6, 6.07) is 3.85. The maximum Gasteiger partial charge on any atom is 0.193 e. The fourth-order valence-electron chi connectivity index (χ4n) is 0.579. The van der Waals surface area contributed by atoms with Gasteiger partial charge in [0.15, 0.2) is 5.96 Å². The van der Waals surface area contributed by atoms with Gasteiger partial charge in [0.1, 0.15) is 0 Å². The van der Waals surface area contributed by atoms with Crippen LogP contribution in [0.1, 0.15) is 0 Å². The predicted octanol–water partition coefficient (Wildman–Crippen LogP) is 1.08. The lowest BCUT2D eigenvalue weighted by atomic mass is 10.6. The quantitative estimate of drug-likeness (QED) is 0.471. The summed E-state index contributed by atoms with van der Waals surface area (Å²) in [5, 5.41) is 10.0. The zero-order valence-corrected chi connectivity index (χ0v) is 6.48. The Morgan fingerprint density at radius 3 is 2.90 bits per heavy atom. The second kappa shape index (κ2) is 2.70. The van der Waals surface area contributed by atoms with E-state index < -0.39 is 0 Å². The fourth-order valence-corrected chi connectivity index (χ4v) is 1.29.